The molecule has 1 heterocycles. The Bertz CT molecular complexity index is 854. The van der Waals surface area contributed by atoms with Crippen molar-refractivity contribution in [1.29, 1.82) is 0 Å². The van der Waals surface area contributed by atoms with Gasteiger partial charge in [-0.2, -0.15) is 0 Å². The number of anilines is 1. The van der Waals surface area contributed by atoms with E-state index in [0.29, 0.717) is 23.7 Å². The van der Waals surface area contributed by atoms with Crippen LogP contribution < -0.4 is 5.32 Å². The molecule has 0 radical (unpaired) electrons. The van der Waals surface area contributed by atoms with Crippen molar-refractivity contribution in [3.63, 3.8) is 0 Å². The van der Waals surface area contributed by atoms with Crippen LogP contribution >= 0.6 is 11.8 Å². The minimum atomic E-state index is -0.118. The van der Waals surface area contributed by atoms with Crippen molar-refractivity contribution >= 4 is 29.1 Å². The van der Waals surface area contributed by atoms with Gasteiger partial charge >= 0.3 is 0 Å². The molecule has 0 unspecified atom stereocenters. The molecule has 1 aliphatic rings. The summed E-state index contributed by atoms with van der Waals surface area (Å²) in [7, 11) is 0. The Labute approximate surface area is 176 Å². The van der Waals surface area contributed by atoms with Gasteiger partial charge in [-0.15, -0.1) is 16.8 Å². The number of rotatable bonds is 9. The molecule has 1 N–H and O–H groups in total. The van der Waals surface area contributed by atoms with Crippen molar-refractivity contribution in [3.8, 4) is 0 Å². The van der Waals surface area contributed by atoms with Crippen molar-refractivity contribution in [2.75, 3.05) is 11.1 Å². The molecule has 1 aromatic heterocycles. The molecule has 0 spiro atoms. The predicted molar refractivity (Wildman–Crippen MR) is 116 cm³/mol. The zero-order chi connectivity index (χ0) is 20.6. The van der Waals surface area contributed by atoms with Gasteiger partial charge in [-0.1, -0.05) is 49.9 Å². The molecule has 0 saturated heterocycles. The van der Waals surface area contributed by atoms with Crippen LogP contribution in [0.15, 0.2) is 42.1 Å². The lowest BCUT2D eigenvalue weighted by atomic mass is 9.87. The summed E-state index contributed by atoms with van der Waals surface area (Å²) < 4.78 is 2.07. The standard InChI is InChI=1S/C22H28N4O2S/c1-3-13-26-20(14-17-7-5-4-6-8-17)24-25-22(26)29-15-21(28)23-19-11-9-18(10-12-19)16(2)27/h3,9-12,17H,1,4-8,13-15H2,2H3,(H,23,28). The Morgan fingerprint density at radius 3 is 2.59 bits per heavy atom. The minimum Gasteiger partial charge on any atom is -0.325 e. The average Bonchev–Trinajstić information content (AvgIpc) is 3.09. The Kier molecular flexibility index (Phi) is 7.63. The molecule has 154 valence electrons. The number of hydrogen-bond acceptors (Lipinski definition) is 5. The third-order valence-corrected chi connectivity index (χ3v) is 6.18. The number of carbonyl (C=O) groups excluding carboxylic acids is 2. The summed E-state index contributed by atoms with van der Waals surface area (Å²) >= 11 is 1.38. The molecule has 3 rings (SSSR count). The smallest absolute Gasteiger partial charge is 0.234 e. The number of nitrogens with zero attached hydrogens (tertiary/aromatic N) is 3. The Hall–Kier alpha value is -2.41. The molecule has 1 amide bonds. The molecule has 0 aliphatic heterocycles. The van der Waals surface area contributed by atoms with E-state index in [1.165, 1.54) is 50.8 Å². The second kappa shape index (κ2) is 10.4. The molecule has 6 nitrogen and oxygen atoms in total. The van der Waals surface area contributed by atoms with E-state index >= 15 is 0 Å². The van der Waals surface area contributed by atoms with Crippen LogP contribution in [-0.2, 0) is 17.8 Å². The third kappa shape index (κ3) is 6.03. The summed E-state index contributed by atoms with van der Waals surface area (Å²) in [6, 6.07) is 6.90. The van der Waals surface area contributed by atoms with Gasteiger partial charge in [0.15, 0.2) is 10.9 Å². The van der Waals surface area contributed by atoms with Gasteiger partial charge in [0.05, 0.1) is 5.75 Å². The average molecular weight is 413 g/mol. The van der Waals surface area contributed by atoms with Gasteiger partial charge in [-0.3, -0.25) is 9.59 Å². The molecule has 7 heteroatoms. The number of benzene rings is 1. The molecule has 1 aromatic carbocycles. The summed E-state index contributed by atoms with van der Waals surface area (Å²) in [6.07, 6.45) is 9.24. The topological polar surface area (TPSA) is 76.9 Å². The second-order valence-corrected chi connectivity index (χ2v) is 8.42. The lowest BCUT2D eigenvalue weighted by Crippen LogP contribution is -2.15. The largest absolute Gasteiger partial charge is 0.325 e. The molecule has 1 aliphatic carbocycles. The van der Waals surface area contributed by atoms with Crippen molar-refractivity contribution in [1.82, 2.24) is 14.8 Å². The van der Waals surface area contributed by atoms with Crippen LogP contribution in [0.2, 0.25) is 0 Å². The summed E-state index contributed by atoms with van der Waals surface area (Å²) in [5.41, 5.74) is 1.30. The van der Waals surface area contributed by atoms with Gasteiger partial charge in [0.1, 0.15) is 5.82 Å². The monoisotopic (exact) mass is 412 g/mol. The van der Waals surface area contributed by atoms with Gasteiger partial charge in [-0.05, 0) is 37.1 Å². The first kappa shape index (κ1) is 21.3. The van der Waals surface area contributed by atoms with Crippen LogP contribution in [0.25, 0.3) is 0 Å². The maximum atomic E-state index is 12.3. The summed E-state index contributed by atoms with van der Waals surface area (Å²) in [6.45, 7) is 6.01. The molecule has 1 saturated carbocycles. The van der Waals surface area contributed by atoms with Gasteiger partial charge in [0.25, 0.3) is 0 Å². The first-order chi connectivity index (χ1) is 14.1. The number of aromatic nitrogens is 3. The zero-order valence-electron chi connectivity index (χ0n) is 16.9. The maximum absolute atomic E-state index is 12.3. The number of amides is 1. The summed E-state index contributed by atoms with van der Waals surface area (Å²) in [5, 5.41) is 12.3. The lowest BCUT2D eigenvalue weighted by Gasteiger charge is -2.21. The first-order valence-corrected chi connectivity index (χ1v) is 11.1. The highest BCUT2D eigenvalue weighted by atomic mass is 32.2. The van der Waals surface area contributed by atoms with E-state index in [-0.39, 0.29) is 17.4 Å². The molecular formula is C22H28N4O2S. The van der Waals surface area contributed by atoms with E-state index in [9.17, 15) is 9.59 Å². The van der Waals surface area contributed by atoms with Crippen LogP contribution in [0.3, 0.4) is 0 Å². The van der Waals surface area contributed by atoms with Crippen LogP contribution in [0, 0.1) is 5.92 Å². The number of hydrogen-bond donors (Lipinski definition) is 1. The van der Waals surface area contributed by atoms with E-state index in [0.717, 1.165) is 17.4 Å². The number of allylic oxidation sites excluding steroid dienone is 1. The molecule has 0 atom stereocenters. The fourth-order valence-electron chi connectivity index (χ4n) is 3.65. The van der Waals surface area contributed by atoms with E-state index in [2.05, 4.69) is 26.7 Å². The van der Waals surface area contributed by atoms with Crippen LogP contribution in [0.5, 0.6) is 0 Å². The van der Waals surface area contributed by atoms with Gasteiger partial charge in [-0.25, -0.2) is 0 Å². The highest BCUT2D eigenvalue weighted by Crippen LogP contribution is 2.27. The fourth-order valence-corrected chi connectivity index (χ4v) is 4.42. The minimum absolute atomic E-state index is 0.00372. The third-order valence-electron chi connectivity index (χ3n) is 5.21. The number of nitrogens with one attached hydrogen (secondary N) is 1. The normalized spacial score (nSPS) is 14.5. The lowest BCUT2D eigenvalue weighted by molar-refractivity contribution is -0.113. The van der Waals surface area contributed by atoms with E-state index in [1.54, 1.807) is 24.3 Å². The first-order valence-electron chi connectivity index (χ1n) is 10.1. The zero-order valence-corrected chi connectivity index (χ0v) is 17.7. The van der Waals surface area contributed by atoms with Crippen molar-refractivity contribution in [2.24, 2.45) is 5.92 Å². The molecule has 0 bridgehead atoms. The Morgan fingerprint density at radius 1 is 1.21 bits per heavy atom. The second-order valence-electron chi connectivity index (χ2n) is 7.48. The van der Waals surface area contributed by atoms with E-state index < -0.39 is 0 Å². The van der Waals surface area contributed by atoms with Crippen LogP contribution in [0.1, 0.15) is 55.2 Å². The van der Waals surface area contributed by atoms with E-state index in [1.807, 2.05) is 6.08 Å². The summed E-state index contributed by atoms with van der Waals surface area (Å²) in [4.78, 5) is 23.7. The molecule has 1 fully saturated rings. The Morgan fingerprint density at radius 2 is 1.93 bits per heavy atom. The fraction of sp³-hybridized carbons (Fsp3) is 0.455. The SMILES string of the molecule is C=CCn1c(CC2CCCCC2)nnc1SCC(=O)Nc1ccc(C(C)=O)cc1. The van der Waals surface area contributed by atoms with Crippen LogP contribution in [-0.4, -0.2) is 32.2 Å². The van der Waals surface area contributed by atoms with Crippen molar-refractivity contribution in [2.45, 2.75) is 57.1 Å². The Balaban J connectivity index is 1.58. The van der Waals surface area contributed by atoms with Crippen LogP contribution in [0.4, 0.5) is 5.69 Å². The van der Waals surface area contributed by atoms with Crippen molar-refractivity contribution < 1.29 is 9.59 Å². The number of carbonyl (C=O) groups is 2. The highest BCUT2D eigenvalue weighted by molar-refractivity contribution is 7.99. The van der Waals surface area contributed by atoms with Gasteiger partial charge < -0.3 is 9.88 Å². The van der Waals surface area contributed by atoms with E-state index in [4.69, 9.17) is 0 Å². The molecular weight excluding hydrogens is 384 g/mol. The number of ketones is 1. The quantitative estimate of drug-likeness (QED) is 0.372. The summed E-state index contributed by atoms with van der Waals surface area (Å²) in [5.74, 6) is 1.79. The molecule has 2 aromatic rings. The van der Waals surface area contributed by atoms with Gasteiger partial charge in [0, 0.05) is 24.2 Å². The van der Waals surface area contributed by atoms with Crippen molar-refractivity contribution in [3.05, 3.63) is 48.3 Å². The predicted octanol–water partition coefficient (Wildman–Crippen LogP) is 4.52. The number of Topliss-reactive ketones (excluding diaryl/α,β-unsaturated/α-hetero) is 1. The molecule has 29 heavy (non-hydrogen) atoms. The number of thioether (sulfide) groups is 1. The van der Waals surface area contributed by atoms with Gasteiger partial charge in [0.2, 0.25) is 5.91 Å². The maximum Gasteiger partial charge on any atom is 0.234 e. The highest BCUT2D eigenvalue weighted by Gasteiger charge is 2.19.